The summed E-state index contributed by atoms with van der Waals surface area (Å²) in [6.07, 6.45) is 0. The van der Waals surface area contributed by atoms with Crippen LogP contribution in [0.1, 0.15) is 0 Å². The Hall–Kier alpha value is -1.44. The largest absolute Gasteiger partial charge is 0.332 e. The number of hydrogen-bond acceptors (Lipinski definition) is 3. The third-order valence-electron chi connectivity index (χ3n) is 3.28. The monoisotopic (exact) mass is 452 g/mol. The predicted molar refractivity (Wildman–Crippen MR) is 107 cm³/mol. The zero-order chi connectivity index (χ0) is 16.2. The summed E-state index contributed by atoms with van der Waals surface area (Å²) in [5, 5.41) is 7.19. The van der Waals surface area contributed by atoms with Crippen LogP contribution in [-0.2, 0) is 0 Å². The maximum atomic E-state index is 5.52. The summed E-state index contributed by atoms with van der Waals surface area (Å²) in [4.78, 5) is 6.47. The first kappa shape index (κ1) is 16.4. The summed E-state index contributed by atoms with van der Waals surface area (Å²) in [5.41, 5.74) is 1.93. The van der Waals surface area contributed by atoms with Crippen LogP contribution in [0.2, 0.25) is 0 Å². The predicted octanol–water partition coefficient (Wildman–Crippen LogP) is 4.69. The average Bonchev–Trinajstić information content (AvgIpc) is 3.00. The number of nitrogens with zero attached hydrogens (tertiary/aromatic N) is 2. The number of anilines is 2. The highest BCUT2D eigenvalue weighted by Gasteiger charge is 2.21. The van der Waals surface area contributed by atoms with Crippen molar-refractivity contribution in [2.45, 2.75) is 0 Å². The number of nitrogens with one attached hydrogen (secondary N) is 2. The molecule has 0 atom stereocenters. The summed E-state index contributed by atoms with van der Waals surface area (Å²) in [5.74, 6) is 0.766. The van der Waals surface area contributed by atoms with Crippen molar-refractivity contribution in [2.75, 3.05) is 23.7 Å². The smallest absolute Gasteiger partial charge is 0.204 e. The van der Waals surface area contributed by atoms with E-state index < -0.39 is 0 Å². The van der Waals surface area contributed by atoms with Crippen LogP contribution in [-0.4, -0.2) is 29.1 Å². The van der Waals surface area contributed by atoms with E-state index in [9.17, 15) is 0 Å². The second-order valence-electron chi connectivity index (χ2n) is 4.93. The maximum Gasteiger partial charge on any atom is 0.204 e. The standard InChI is InChI=1S/C16H14Br2N4S/c17-11-1-5-13(6-2-11)20-15-19-9-10-22(15)16(23)21-14-7-3-12(18)4-8-14/h1-8H,9-10H2,(H,19,20)(H,21,23). The lowest BCUT2D eigenvalue weighted by molar-refractivity contribution is 0.674. The van der Waals surface area contributed by atoms with Crippen LogP contribution >= 0.6 is 44.1 Å². The summed E-state index contributed by atoms with van der Waals surface area (Å²) in [6, 6.07) is 15.9. The van der Waals surface area contributed by atoms with Gasteiger partial charge < -0.3 is 10.6 Å². The van der Waals surface area contributed by atoms with E-state index in [1.165, 1.54) is 0 Å². The second kappa shape index (κ2) is 7.42. The van der Waals surface area contributed by atoms with Crippen LogP contribution in [0, 0.1) is 0 Å². The zero-order valence-electron chi connectivity index (χ0n) is 12.1. The van der Waals surface area contributed by atoms with E-state index in [0.717, 1.165) is 39.4 Å². The highest BCUT2D eigenvalue weighted by atomic mass is 79.9. The molecule has 0 radical (unpaired) electrons. The lowest BCUT2D eigenvalue weighted by Crippen LogP contribution is -2.40. The molecule has 2 N–H and O–H groups in total. The summed E-state index contributed by atoms with van der Waals surface area (Å²) < 4.78 is 2.08. The van der Waals surface area contributed by atoms with E-state index in [1.54, 1.807) is 0 Å². The van der Waals surface area contributed by atoms with Crippen LogP contribution in [0.3, 0.4) is 0 Å². The van der Waals surface area contributed by atoms with Crippen molar-refractivity contribution in [1.29, 1.82) is 0 Å². The van der Waals surface area contributed by atoms with Gasteiger partial charge in [-0.3, -0.25) is 9.89 Å². The molecule has 1 aliphatic rings. The van der Waals surface area contributed by atoms with Gasteiger partial charge in [0.05, 0.1) is 6.54 Å². The molecule has 2 aromatic carbocycles. The van der Waals surface area contributed by atoms with Gasteiger partial charge in [-0.25, -0.2) is 0 Å². The van der Waals surface area contributed by atoms with E-state index in [2.05, 4.69) is 47.5 Å². The van der Waals surface area contributed by atoms with Crippen molar-refractivity contribution >= 4 is 66.5 Å². The van der Waals surface area contributed by atoms with Crippen molar-refractivity contribution in [2.24, 2.45) is 4.99 Å². The third kappa shape index (κ3) is 4.31. The first-order valence-corrected chi connectivity index (χ1v) is 9.02. The van der Waals surface area contributed by atoms with Crippen LogP contribution in [0.5, 0.6) is 0 Å². The Morgan fingerprint density at radius 1 is 0.957 bits per heavy atom. The molecule has 0 bridgehead atoms. The first-order chi connectivity index (χ1) is 11.1. The molecule has 2 aromatic rings. The van der Waals surface area contributed by atoms with Crippen LogP contribution in [0.15, 0.2) is 62.5 Å². The molecule has 0 amide bonds. The van der Waals surface area contributed by atoms with Crippen molar-refractivity contribution in [1.82, 2.24) is 4.90 Å². The van der Waals surface area contributed by atoms with Crippen molar-refractivity contribution in [3.8, 4) is 0 Å². The fraction of sp³-hybridized carbons (Fsp3) is 0.125. The molecule has 1 aliphatic heterocycles. The van der Waals surface area contributed by atoms with Crippen molar-refractivity contribution in [3.05, 3.63) is 57.5 Å². The van der Waals surface area contributed by atoms with E-state index in [0.29, 0.717) is 5.11 Å². The Balaban J connectivity index is 1.66. The molecule has 0 unspecified atom stereocenters. The Kier molecular flexibility index (Phi) is 5.30. The van der Waals surface area contributed by atoms with Crippen molar-refractivity contribution < 1.29 is 0 Å². The fourth-order valence-electron chi connectivity index (χ4n) is 2.14. The lowest BCUT2D eigenvalue weighted by atomic mass is 10.3. The topological polar surface area (TPSA) is 39.7 Å². The summed E-state index contributed by atoms with van der Waals surface area (Å²) in [6.45, 7) is 1.49. The quantitative estimate of drug-likeness (QED) is 0.647. The minimum Gasteiger partial charge on any atom is -0.332 e. The molecule has 0 aromatic heterocycles. The number of thiocarbonyl (C=S) groups is 1. The second-order valence-corrected chi connectivity index (χ2v) is 7.14. The molecule has 0 spiro atoms. The van der Waals surface area contributed by atoms with Gasteiger partial charge in [0.15, 0.2) is 5.11 Å². The summed E-state index contributed by atoms with van der Waals surface area (Å²) in [7, 11) is 0. The molecule has 0 aliphatic carbocycles. The van der Waals surface area contributed by atoms with Crippen LogP contribution < -0.4 is 10.6 Å². The Morgan fingerprint density at radius 3 is 2.13 bits per heavy atom. The van der Waals surface area contributed by atoms with E-state index in [4.69, 9.17) is 12.2 Å². The van der Waals surface area contributed by atoms with E-state index in [1.807, 2.05) is 53.4 Å². The summed E-state index contributed by atoms with van der Waals surface area (Å²) >= 11 is 12.4. The lowest BCUT2D eigenvalue weighted by Gasteiger charge is -2.22. The van der Waals surface area contributed by atoms with Gasteiger partial charge in [0.1, 0.15) is 0 Å². The van der Waals surface area contributed by atoms with Gasteiger partial charge in [0, 0.05) is 26.9 Å². The molecule has 0 saturated heterocycles. The number of hydrogen-bond donors (Lipinski definition) is 2. The highest BCUT2D eigenvalue weighted by molar-refractivity contribution is 9.10. The normalized spacial score (nSPS) is 13.7. The van der Waals surface area contributed by atoms with Crippen molar-refractivity contribution in [3.63, 3.8) is 0 Å². The third-order valence-corrected chi connectivity index (χ3v) is 4.66. The maximum absolute atomic E-state index is 5.52. The van der Waals surface area contributed by atoms with Crippen LogP contribution in [0.4, 0.5) is 11.4 Å². The molecule has 23 heavy (non-hydrogen) atoms. The molecule has 118 valence electrons. The average molecular weight is 454 g/mol. The molecule has 3 rings (SSSR count). The molecule has 1 heterocycles. The molecule has 0 fully saturated rings. The van der Waals surface area contributed by atoms with Gasteiger partial charge in [-0.2, -0.15) is 0 Å². The first-order valence-electron chi connectivity index (χ1n) is 7.03. The van der Waals surface area contributed by atoms with Crippen LogP contribution in [0.25, 0.3) is 0 Å². The van der Waals surface area contributed by atoms with Gasteiger partial charge in [-0.05, 0) is 60.7 Å². The zero-order valence-corrected chi connectivity index (χ0v) is 16.1. The number of rotatable bonds is 2. The van der Waals surface area contributed by atoms with E-state index >= 15 is 0 Å². The number of aliphatic imine (C=N–C) groups is 1. The molecular formula is C16H14Br2N4S. The highest BCUT2D eigenvalue weighted by Crippen LogP contribution is 2.17. The van der Waals surface area contributed by atoms with Gasteiger partial charge in [0.25, 0.3) is 0 Å². The molecule has 0 saturated carbocycles. The SMILES string of the molecule is S=C(Nc1ccc(Br)cc1)N1CCN=C1Nc1ccc(Br)cc1. The minimum atomic E-state index is 0.633. The fourth-order valence-corrected chi connectivity index (χ4v) is 2.96. The number of guanidine groups is 1. The van der Waals surface area contributed by atoms with Gasteiger partial charge >= 0.3 is 0 Å². The Labute approximate surface area is 157 Å². The number of benzene rings is 2. The molecular weight excluding hydrogens is 440 g/mol. The minimum absolute atomic E-state index is 0.633. The van der Waals surface area contributed by atoms with Gasteiger partial charge in [-0.1, -0.05) is 31.9 Å². The van der Waals surface area contributed by atoms with Gasteiger partial charge in [-0.15, -0.1) is 0 Å². The Morgan fingerprint density at radius 2 is 1.52 bits per heavy atom. The van der Waals surface area contributed by atoms with Gasteiger partial charge in [0.2, 0.25) is 5.96 Å². The molecule has 4 nitrogen and oxygen atoms in total. The van der Waals surface area contributed by atoms with E-state index in [-0.39, 0.29) is 0 Å². The number of halogens is 2. The Bertz CT molecular complexity index is 729. The molecule has 7 heteroatoms.